The maximum absolute atomic E-state index is 11.4. The van der Waals surface area contributed by atoms with Gasteiger partial charge in [-0.25, -0.2) is 0 Å². The highest BCUT2D eigenvalue weighted by Crippen LogP contribution is 2.10. The molecule has 2 N–H and O–H groups in total. The monoisotopic (exact) mass is 239 g/mol. The Morgan fingerprint density at radius 2 is 2.18 bits per heavy atom. The summed E-state index contributed by atoms with van der Waals surface area (Å²) in [6, 6.07) is 0. The quantitative estimate of drug-likeness (QED) is 0.630. The number of carbonyl (C=O) groups is 1. The number of nitrogen functional groups attached to an aromatic ring is 1. The van der Waals surface area contributed by atoms with Gasteiger partial charge in [0.15, 0.2) is 0 Å². The Hall–Kier alpha value is -1.52. The Labute approximate surface area is 102 Å². The largest absolute Gasteiger partial charge is 0.460 e. The van der Waals surface area contributed by atoms with Gasteiger partial charge in [-0.2, -0.15) is 5.10 Å². The van der Waals surface area contributed by atoms with Crippen molar-refractivity contribution in [3.8, 4) is 0 Å². The van der Waals surface area contributed by atoms with Gasteiger partial charge in [-0.05, 0) is 33.6 Å². The van der Waals surface area contributed by atoms with E-state index >= 15 is 0 Å². The van der Waals surface area contributed by atoms with E-state index in [2.05, 4.69) is 5.10 Å². The van der Waals surface area contributed by atoms with Crippen LogP contribution in [0.1, 0.15) is 40.0 Å². The van der Waals surface area contributed by atoms with E-state index in [4.69, 9.17) is 10.5 Å². The molecule has 1 aromatic heterocycles. The molecule has 0 radical (unpaired) electrons. The van der Waals surface area contributed by atoms with Crippen LogP contribution in [-0.4, -0.2) is 21.4 Å². The summed E-state index contributed by atoms with van der Waals surface area (Å²) in [5.74, 6) is -0.141. The molecule has 0 unspecified atom stereocenters. The van der Waals surface area contributed by atoms with Crippen molar-refractivity contribution in [2.75, 3.05) is 5.73 Å². The first kappa shape index (κ1) is 13.5. The minimum Gasteiger partial charge on any atom is -0.460 e. The summed E-state index contributed by atoms with van der Waals surface area (Å²) in [6.45, 7) is 6.40. The van der Waals surface area contributed by atoms with Crippen molar-refractivity contribution < 1.29 is 9.53 Å². The normalized spacial score (nSPS) is 11.5. The van der Waals surface area contributed by atoms with E-state index in [0.29, 0.717) is 12.1 Å². The molecule has 0 bridgehead atoms. The van der Waals surface area contributed by atoms with Gasteiger partial charge in [-0.1, -0.05) is 0 Å². The summed E-state index contributed by atoms with van der Waals surface area (Å²) in [6.07, 6.45) is 5.55. The molecule has 0 fully saturated rings. The van der Waals surface area contributed by atoms with Crippen molar-refractivity contribution in [3.63, 3.8) is 0 Å². The van der Waals surface area contributed by atoms with Crippen molar-refractivity contribution in [2.24, 2.45) is 0 Å². The van der Waals surface area contributed by atoms with Gasteiger partial charge in [-0.15, -0.1) is 0 Å². The number of carbonyl (C=O) groups excluding carboxylic acids is 1. The van der Waals surface area contributed by atoms with Crippen LogP contribution >= 0.6 is 0 Å². The van der Waals surface area contributed by atoms with Gasteiger partial charge >= 0.3 is 5.97 Å². The fourth-order valence-electron chi connectivity index (χ4n) is 1.44. The van der Waals surface area contributed by atoms with Crippen molar-refractivity contribution in [1.82, 2.24) is 9.78 Å². The third kappa shape index (κ3) is 5.94. The zero-order valence-corrected chi connectivity index (χ0v) is 10.8. The highest BCUT2D eigenvalue weighted by atomic mass is 16.6. The average molecular weight is 239 g/mol. The molecule has 0 aliphatic carbocycles. The molecule has 0 aliphatic rings. The van der Waals surface area contributed by atoms with Gasteiger partial charge in [-0.3, -0.25) is 9.48 Å². The van der Waals surface area contributed by atoms with Gasteiger partial charge in [0.1, 0.15) is 5.60 Å². The van der Waals surface area contributed by atoms with Crippen LogP contribution in [0.2, 0.25) is 0 Å². The number of esters is 1. The van der Waals surface area contributed by atoms with E-state index in [1.165, 1.54) is 0 Å². The first-order chi connectivity index (χ1) is 7.87. The maximum Gasteiger partial charge on any atom is 0.306 e. The van der Waals surface area contributed by atoms with Gasteiger partial charge in [0.2, 0.25) is 0 Å². The summed E-state index contributed by atoms with van der Waals surface area (Å²) >= 11 is 0. The van der Waals surface area contributed by atoms with Crippen LogP contribution in [0, 0.1) is 0 Å². The smallest absolute Gasteiger partial charge is 0.306 e. The van der Waals surface area contributed by atoms with E-state index in [0.717, 1.165) is 19.4 Å². The number of unbranched alkanes of at least 4 members (excludes halogenated alkanes) is 1. The summed E-state index contributed by atoms with van der Waals surface area (Å²) < 4.78 is 6.99. The lowest BCUT2D eigenvalue weighted by Gasteiger charge is -2.19. The molecule has 1 heterocycles. The number of aromatic nitrogens is 2. The zero-order chi connectivity index (χ0) is 12.9. The molecule has 0 saturated heterocycles. The van der Waals surface area contributed by atoms with Crippen molar-refractivity contribution >= 4 is 11.7 Å². The predicted octanol–water partition coefficient (Wildman–Crippen LogP) is 1.98. The summed E-state index contributed by atoms with van der Waals surface area (Å²) in [7, 11) is 0. The van der Waals surface area contributed by atoms with Crippen LogP contribution in [-0.2, 0) is 16.1 Å². The van der Waals surface area contributed by atoms with E-state index in [9.17, 15) is 4.79 Å². The summed E-state index contributed by atoms with van der Waals surface area (Å²) in [4.78, 5) is 11.4. The van der Waals surface area contributed by atoms with Crippen LogP contribution in [0.4, 0.5) is 5.69 Å². The molecule has 5 nitrogen and oxygen atoms in total. The number of hydrogen-bond donors (Lipinski definition) is 1. The van der Waals surface area contributed by atoms with Crippen LogP contribution in [0.3, 0.4) is 0 Å². The topological polar surface area (TPSA) is 70.1 Å². The SMILES string of the molecule is CC(C)(C)OC(=O)CCCCn1cc(N)cn1. The maximum atomic E-state index is 11.4. The zero-order valence-electron chi connectivity index (χ0n) is 10.8. The van der Waals surface area contributed by atoms with Crippen LogP contribution in [0.15, 0.2) is 12.4 Å². The molecule has 0 spiro atoms. The second-order valence-electron chi connectivity index (χ2n) is 5.08. The van der Waals surface area contributed by atoms with Crippen molar-refractivity contribution in [2.45, 2.75) is 52.2 Å². The fraction of sp³-hybridized carbons (Fsp3) is 0.667. The van der Waals surface area contributed by atoms with Gasteiger partial charge in [0, 0.05) is 19.2 Å². The first-order valence-corrected chi connectivity index (χ1v) is 5.86. The Balaban J connectivity index is 2.14. The van der Waals surface area contributed by atoms with Crippen molar-refractivity contribution in [3.05, 3.63) is 12.4 Å². The molecule has 1 rings (SSSR count). The predicted molar refractivity (Wildman–Crippen MR) is 66.3 cm³/mol. The number of hydrogen-bond acceptors (Lipinski definition) is 4. The van der Waals surface area contributed by atoms with Crippen LogP contribution in [0.5, 0.6) is 0 Å². The number of nitrogens with zero attached hydrogens (tertiary/aromatic N) is 2. The number of anilines is 1. The van der Waals surface area contributed by atoms with Crippen LogP contribution in [0.25, 0.3) is 0 Å². The molecule has 5 heteroatoms. The first-order valence-electron chi connectivity index (χ1n) is 5.86. The lowest BCUT2D eigenvalue weighted by atomic mass is 10.2. The van der Waals surface area contributed by atoms with E-state index in [1.54, 1.807) is 17.1 Å². The number of ether oxygens (including phenoxy) is 1. The third-order valence-electron chi connectivity index (χ3n) is 2.09. The second-order valence-corrected chi connectivity index (χ2v) is 5.08. The molecule has 0 aliphatic heterocycles. The number of nitrogens with two attached hydrogens (primary N) is 1. The number of aryl methyl sites for hydroxylation is 1. The molecule has 0 atom stereocenters. The lowest BCUT2D eigenvalue weighted by molar-refractivity contribution is -0.154. The van der Waals surface area contributed by atoms with Gasteiger partial charge in [0.25, 0.3) is 0 Å². The molecular weight excluding hydrogens is 218 g/mol. The van der Waals surface area contributed by atoms with Crippen LogP contribution < -0.4 is 5.73 Å². The molecule has 0 saturated carbocycles. The number of rotatable bonds is 5. The Bertz CT molecular complexity index is 366. The lowest BCUT2D eigenvalue weighted by Crippen LogP contribution is -2.23. The second kappa shape index (κ2) is 5.70. The Morgan fingerprint density at radius 3 is 2.71 bits per heavy atom. The fourth-order valence-corrected chi connectivity index (χ4v) is 1.44. The highest BCUT2D eigenvalue weighted by Gasteiger charge is 2.15. The Kier molecular flexibility index (Phi) is 4.54. The third-order valence-corrected chi connectivity index (χ3v) is 2.09. The van der Waals surface area contributed by atoms with Crippen molar-refractivity contribution in [1.29, 1.82) is 0 Å². The minimum atomic E-state index is -0.395. The molecule has 0 aromatic carbocycles. The summed E-state index contributed by atoms with van der Waals surface area (Å²) in [5, 5.41) is 4.07. The van der Waals surface area contributed by atoms with E-state index in [-0.39, 0.29) is 5.97 Å². The summed E-state index contributed by atoms with van der Waals surface area (Å²) in [5.41, 5.74) is 5.81. The highest BCUT2D eigenvalue weighted by molar-refractivity contribution is 5.69. The van der Waals surface area contributed by atoms with Gasteiger partial charge in [0.05, 0.1) is 11.9 Å². The Morgan fingerprint density at radius 1 is 1.47 bits per heavy atom. The average Bonchev–Trinajstić information content (AvgIpc) is 2.56. The molecule has 1 aromatic rings. The molecular formula is C12H21N3O2. The standard InChI is InChI=1S/C12H21N3O2/c1-12(2,3)17-11(16)6-4-5-7-15-9-10(13)8-14-15/h8-9H,4-7,13H2,1-3H3. The molecule has 96 valence electrons. The minimum absolute atomic E-state index is 0.141. The molecule has 0 amide bonds. The van der Waals surface area contributed by atoms with E-state index < -0.39 is 5.60 Å². The molecule has 17 heavy (non-hydrogen) atoms. The van der Waals surface area contributed by atoms with Gasteiger partial charge < -0.3 is 10.5 Å². The van der Waals surface area contributed by atoms with E-state index in [1.807, 2.05) is 20.8 Å².